The van der Waals surface area contributed by atoms with Gasteiger partial charge in [-0.2, -0.15) is 0 Å². The average molecular weight is 239 g/mol. The van der Waals surface area contributed by atoms with Crippen LogP contribution >= 0.6 is 0 Å². The van der Waals surface area contributed by atoms with E-state index in [2.05, 4.69) is 5.32 Å². The lowest BCUT2D eigenvalue weighted by molar-refractivity contribution is -0.154. The highest BCUT2D eigenvalue weighted by Gasteiger charge is 2.41. The Morgan fingerprint density at radius 1 is 1.41 bits per heavy atom. The zero-order chi connectivity index (χ0) is 13.1. The van der Waals surface area contributed by atoms with E-state index in [4.69, 9.17) is 5.11 Å². The number of carboxylic acids is 1. The van der Waals surface area contributed by atoms with E-state index in [9.17, 15) is 14.0 Å². The number of hydrogen-bond acceptors (Lipinski definition) is 2. The van der Waals surface area contributed by atoms with Crippen LogP contribution in [0.2, 0.25) is 0 Å². The molecule has 0 heterocycles. The van der Waals surface area contributed by atoms with Crippen LogP contribution in [0.1, 0.15) is 12.5 Å². The first-order valence-corrected chi connectivity index (χ1v) is 5.11. The summed E-state index contributed by atoms with van der Waals surface area (Å²) in [6.07, 6.45) is -0.186. The Morgan fingerprint density at radius 3 is 2.47 bits per heavy atom. The van der Waals surface area contributed by atoms with E-state index in [1.54, 1.807) is 6.07 Å². The van der Waals surface area contributed by atoms with Gasteiger partial charge in [0.15, 0.2) is 0 Å². The number of rotatable bonds is 4. The van der Waals surface area contributed by atoms with Crippen LogP contribution < -0.4 is 5.32 Å². The van der Waals surface area contributed by atoms with Gasteiger partial charge in [-0.25, -0.2) is 4.39 Å². The van der Waals surface area contributed by atoms with Gasteiger partial charge in [0.1, 0.15) is 11.2 Å². The summed E-state index contributed by atoms with van der Waals surface area (Å²) in [6, 6.07) is 5.82. The quantitative estimate of drug-likeness (QED) is 0.776. The summed E-state index contributed by atoms with van der Waals surface area (Å²) in [5.74, 6) is -2.43. The summed E-state index contributed by atoms with van der Waals surface area (Å²) in [5.41, 5.74) is -1.46. The zero-order valence-electron chi connectivity index (χ0n) is 9.66. The molecular formula is C12H14FNO3. The third-order valence-corrected chi connectivity index (χ3v) is 2.70. The average Bonchev–Trinajstić information content (AvgIpc) is 2.30. The van der Waals surface area contributed by atoms with Crippen molar-refractivity contribution >= 4 is 11.9 Å². The Kier molecular flexibility index (Phi) is 3.83. The summed E-state index contributed by atoms with van der Waals surface area (Å²) in [4.78, 5) is 22.7. The van der Waals surface area contributed by atoms with Crippen molar-refractivity contribution < 1.29 is 19.1 Å². The highest BCUT2D eigenvalue weighted by atomic mass is 19.1. The molecule has 1 aromatic rings. The highest BCUT2D eigenvalue weighted by Crippen LogP contribution is 2.24. The Balaban J connectivity index is 3.08. The SMILES string of the molecule is CNC(=O)C(C)(Cc1ccccc1F)C(=O)O. The molecule has 1 atom stereocenters. The second kappa shape index (κ2) is 4.95. The molecule has 17 heavy (non-hydrogen) atoms. The maximum atomic E-state index is 13.4. The fraction of sp³-hybridized carbons (Fsp3) is 0.333. The molecule has 0 saturated carbocycles. The van der Waals surface area contributed by atoms with Gasteiger partial charge in [-0.1, -0.05) is 18.2 Å². The summed E-state index contributed by atoms with van der Waals surface area (Å²) < 4.78 is 13.4. The lowest BCUT2D eigenvalue weighted by Gasteiger charge is -2.22. The van der Waals surface area contributed by atoms with Crippen molar-refractivity contribution in [2.24, 2.45) is 5.41 Å². The summed E-state index contributed by atoms with van der Waals surface area (Å²) >= 11 is 0. The van der Waals surface area contributed by atoms with Crippen LogP contribution in [0.15, 0.2) is 24.3 Å². The first-order valence-electron chi connectivity index (χ1n) is 5.11. The molecule has 0 bridgehead atoms. The van der Waals surface area contributed by atoms with E-state index in [1.807, 2.05) is 0 Å². The molecule has 0 aliphatic heterocycles. The molecule has 0 spiro atoms. The van der Waals surface area contributed by atoms with Gasteiger partial charge in [0, 0.05) is 13.5 Å². The minimum Gasteiger partial charge on any atom is -0.480 e. The number of hydrogen-bond donors (Lipinski definition) is 2. The summed E-state index contributed by atoms with van der Waals surface area (Å²) in [7, 11) is 1.35. The molecule has 5 heteroatoms. The van der Waals surface area contributed by atoms with Crippen molar-refractivity contribution in [1.82, 2.24) is 5.32 Å². The first-order chi connectivity index (χ1) is 7.91. The molecule has 0 fully saturated rings. The van der Waals surface area contributed by atoms with Crippen molar-refractivity contribution in [3.05, 3.63) is 35.6 Å². The zero-order valence-corrected chi connectivity index (χ0v) is 9.66. The highest BCUT2D eigenvalue weighted by molar-refractivity contribution is 6.01. The lowest BCUT2D eigenvalue weighted by atomic mass is 9.82. The standard InChI is InChI=1S/C12H14FNO3/c1-12(11(16)17,10(15)14-2)7-8-5-3-4-6-9(8)13/h3-6H,7H2,1-2H3,(H,14,15)(H,16,17). The van der Waals surface area contributed by atoms with Gasteiger partial charge < -0.3 is 10.4 Å². The van der Waals surface area contributed by atoms with Gasteiger partial charge in [-0.05, 0) is 18.6 Å². The van der Waals surface area contributed by atoms with Gasteiger partial charge in [0.2, 0.25) is 5.91 Å². The molecule has 0 saturated heterocycles. The minimum atomic E-state index is -1.67. The number of halogens is 1. The van der Waals surface area contributed by atoms with Crippen molar-refractivity contribution in [2.45, 2.75) is 13.3 Å². The van der Waals surface area contributed by atoms with E-state index in [0.29, 0.717) is 0 Å². The number of amides is 1. The van der Waals surface area contributed by atoms with E-state index < -0.39 is 23.1 Å². The smallest absolute Gasteiger partial charge is 0.319 e. The predicted molar refractivity (Wildman–Crippen MR) is 59.9 cm³/mol. The van der Waals surface area contributed by atoms with Crippen molar-refractivity contribution in [3.63, 3.8) is 0 Å². The maximum Gasteiger partial charge on any atom is 0.319 e. The van der Waals surface area contributed by atoms with E-state index in [0.717, 1.165) is 0 Å². The summed E-state index contributed by atoms with van der Waals surface area (Å²) in [6.45, 7) is 1.28. The topological polar surface area (TPSA) is 66.4 Å². The molecule has 1 aromatic carbocycles. The van der Waals surface area contributed by atoms with Gasteiger partial charge >= 0.3 is 5.97 Å². The molecule has 92 valence electrons. The molecule has 4 nitrogen and oxygen atoms in total. The lowest BCUT2D eigenvalue weighted by Crippen LogP contribution is -2.44. The van der Waals surface area contributed by atoms with Gasteiger partial charge in [0.25, 0.3) is 0 Å². The van der Waals surface area contributed by atoms with E-state index in [1.165, 1.54) is 32.2 Å². The summed E-state index contributed by atoms with van der Waals surface area (Å²) in [5, 5.41) is 11.4. The van der Waals surface area contributed by atoms with Crippen LogP contribution in [0.5, 0.6) is 0 Å². The Bertz CT molecular complexity index is 447. The molecule has 0 aliphatic carbocycles. The molecule has 1 unspecified atom stereocenters. The van der Waals surface area contributed by atoms with Crippen molar-refractivity contribution in [2.75, 3.05) is 7.05 Å². The second-order valence-electron chi connectivity index (χ2n) is 3.98. The van der Waals surface area contributed by atoms with Crippen LogP contribution in [-0.4, -0.2) is 24.0 Å². The number of nitrogens with one attached hydrogen (secondary N) is 1. The van der Waals surface area contributed by atoms with Crippen LogP contribution in [0.4, 0.5) is 4.39 Å². The van der Waals surface area contributed by atoms with Crippen molar-refractivity contribution in [3.8, 4) is 0 Å². The van der Waals surface area contributed by atoms with Crippen LogP contribution in [0.3, 0.4) is 0 Å². The second-order valence-corrected chi connectivity index (χ2v) is 3.98. The Morgan fingerprint density at radius 2 is 2.00 bits per heavy atom. The predicted octanol–water partition coefficient (Wildman–Crippen LogP) is 1.21. The normalized spacial score (nSPS) is 13.8. The third-order valence-electron chi connectivity index (χ3n) is 2.70. The van der Waals surface area contributed by atoms with Gasteiger partial charge in [0.05, 0.1) is 0 Å². The fourth-order valence-corrected chi connectivity index (χ4v) is 1.55. The number of benzene rings is 1. The van der Waals surface area contributed by atoms with Crippen LogP contribution in [0, 0.1) is 11.2 Å². The molecule has 1 amide bonds. The Labute approximate surface area is 98.5 Å². The molecule has 0 radical (unpaired) electrons. The number of carbonyl (C=O) groups is 2. The van der Waals surface area contributed by atoms with Crippen LogP contribution in [0.25, 0.3) is 0 Å². The molecule has 2 N–H and O–H groups in total. The van der Waals surface area contributed by atoms with Crippen molar-refractivity contribution in [1.29, 1.82) is 0 Å². The Hall–Kier alpha value is -1.91. The maximum absolute atomic E-state index is 13.4. The molecule has 1 rings (SSSR count). The molecule has 0 aromatic heterocycles. The molecule has 0 aliphatic rings. The van der Waals surface area contributed by atoms with Crippen LogP contribution in [-0.2, 0) is 16.0 Å². The first kappa shape index (κ1) is 13.2. The monoisotopic (exact) mass is 239 g/mol. The largest absolute Gasteiger partial charge is 0.480 e. The van der Waals surface area contributed by atoms with Gasteiger partial charge in [-0.3, -0.25) is 9.59 Å². The number of carboxylic acid groups (broad SMARTS) is 1. The third kappa shape index (κ3) is 2.61. The number of carbonyl (C=O) groups excluding carboxylic acids is 1. The fourth-order valence-electron chi connectivity index (χ4n) is 1.55. The molecular weight excluding hydrogens is 225 g/mol. The van der Waals surface area contributed by atoms with E-state index in [-0.39, 0.29) is 12.0 Å². The van der Waals surface area contributed by atoms with Gasteiger partial charge in [-0.15, -0.1) is 0 Å². The number of aliphatic carboxylic acids is 1. The van der Waals surface area contributed by atoms with E-state index >= 15 is 0 Å². The minimum absolute atomic E-state index is 0.186.